The Hall–Kier alpha value is -0.460. The van der Waals surface area contributed by atoms with Gasteiger partial charge in [0.2, 0.25) is 0 Å². The van der Waals surface area contributed by atoms with Crippen molar-refractivity contribution < 1.29 is 8.42 Å². The number of hydrogen-bond donors (Lipinski definition) is 1. The van der Waals surface area contributed by atoms with Crippen molar-refractivity contribution in [3.8, 4) is 0 Å². The van der Waals surface area contributed by atoms with E-state index in [4.69, 9.17) is 0 Å². The van der Waals surface area contributed by atoms with Gasteiger partial charge < -0.3 is 5.32 Å². The van der Waals surface area contributed by atoms with Gasteiger partial charge in [-0.1, -0.05) is 13.3 Å². The van der Waals surface area contributed by atoms with Gasteiger partial charge in [-0.05, 0) is 34.1 Å². The van der Waals surface area contributed by atoms with Crippen LogP contribution in [0.1, 0.15) is 61.9 Å². The fourth-order valence-corrected chi connectivity index (χ4v) is 3.75. The summed E-state index contributed by atoms with van der Waals surface area (Å²) < 4.78 is 23.4. The molecule has 0 radical (unpaired) electrons. The highest BCUT2D eigenvalue weighted by atomic mass is 32.2. The van der Waals surface area contributed by atoms with Gasteiger partial charge in [0, 0.05) is 23.2 Å². The Kier molecular flexibility index (Phi) is 5.75. The highest BCUT2D eigenvalue weighted by Crippen LogP contribution is 2.29. The fraction of sp³-hybridized carbons (Fsp3) is 0.786. The largest absolute Gasteiger partial charge is 0.307 e. The molecule has 0 aliphatic heterocycles. The highest BCUT2D eigenvalue weighted by Gasteiger charge is 2.23. The summed E-state index contributed by atoms with van der Waals surface area (Å²) in [4.78, 5) is 5.73. The number of hydrogen-bond acceptors (Lipinski definition) is 5. The SMILES string of the molecule is CCCc1nc(C(C)S(C)(=O)=O)sc1CNC(C)(C)C. The molecule has 1 N–H and O–H groups in total. The Balaban J connectivity index is 3.01. The van der Waals surface area contributed by atoms with Gasteiger partial charge in [0.05, 0.1) is 5.69 Å². The molecule has 0 aliphatic rings. The molecule has 1 unspecified atom stereocenters. The van der Waals surface area contributed by atoms with Crippen molar-refractivity contribution in [1.29, 1.82) is 0 Å². The van der Waals surface area contributed by atoms with Crippen LogP contribution in [0, 0.1) is 0 Å². The second-order valence-corrected chi connectivity index (χ2v) is 9.73. The summed E-state index contributed by atoms with van der Waals surface area (Å²) in [5.74, 6) is 0. The minimum Gasteiger partial charge on any atom is -0.307 e. The summed E-state index contributed by atoms with van der Waals surface area (Å²) in [5.41, 5.74) is 1.08. The molecular weight excluding hydrogens is 292 g/mol. The summed E-state index contributed by atoms with van der Waals surface area (Å²) in [6.07, 6.45) is 3.18. The first-order valence-corrected chi connectivity index (χ1v) is 9.74. The number of nitrogens with zero attached hydrogens (tertiary/aromatic N) is 1. The summed E-state index contributed by atoms with van der Waals surface area (Å²) in [6, 6.07) is 0. The minimum absolute atomic E-state index is 0.0378. The average molecular weight is 319 g/mol. The zero-order valence-electron chi connectivity index (χ0n) is 13.3. The molecule has 116 valence electrons. The minimum atomic E-state index is -3.09. The van der Waals surface area contributed by atoms with Crippen LogP contribution in [0.2, 0.25) is 0 Å². The van der Waals surface area contributed by atoms with E-state index in [1.807, 2.05) is 0 Å². The molecule has 1 aromatic rings. The van der Waals surface area contributed by atoms with Crippen LogP contribution in [0.25, 0.3) is 0 Å². The second kappa shape index (κ2) is 6.54. The Morgan fingerprint density at radius 1 is 1.35 bits per heavy atom. The van der Waals surface area contributed by atoms with Crippen LogP contribution in [0.15, 0.2) is 0 Å². The molecule has 1 heterocycles. The standard InChI is InChI=1S/C14H26N2O2S2/c1-7-8-11-12(9-15-14(3,4)5)19-13(16-11)10(2)20(6,17)18/h10,15H,7-9H2,1-6H3. The first-order valence-electron chi connectivity index (χ1n) is 6.97. The van der Waals surface area contributed by atoms with Crippen LogP contribution >= 0.6 is 11.3 Å². The number of rotatable bonds is 6. The molecule has 20 heavy (non-hydrogen) atoms. The van der Waals surface area contributed by atoms with Crippen molar-refractivity contribution in [2.24, 2.45) is 0 Å². The maximum Gasteiger partial charge on any atom is 0.156 e. The van der Waals surface area contributed by atoms with Crippen LogP contribution in [0.4, 0.5) is 0 Å². The maximum atomic E-state index is 11.7. The molecule has 1 rings (SSSR count). The maximum absolute atomic E-state index is 11.7. The van der Waals surface area contributed by atoms with Crippen LogP contribution in [0.5, 0.6) is 0 Å². The molecule has 0 aliphatic carbocycles. The zero-order chi connectivity index (χ0) is 15.6. The molecule has 0 bridgehead atoms. The molecule has 0 saturated carbocycles. The third kappa shape index (κ3) is 5.14. The summed E-state index contributed by atoms with van der Waals surface area (Å²) in [5, 5.41) is 3.64. The second-order valence-electron chi connectivity index (χ2n) is 6.25. The zero-order valence-corrected chi connectivity index (χ0v) is 14.9. The topological polar surface area (TPSA) is 59.1 Å². The van der Waals surface area contributed by atoms with Gasteiger partial charge in [0.1, 0.15) is 10.3 Å². The van der Waals surface area contributed by atoms with E-state index in [0.717, 1.165) is 30.0 Å². The first kappa shape index (κ1) is 17.6. The third-order valence-electron chi connectivity index (χ3n) is 3.05. The molecule has 0 saturated heterocycles. The van der Waals surface area contributed by atoms with Crippen LogP contribution in [-0.2, 0) is 22.8 Å². The highest BCUT2D eigenvalue weighted by molar-refractivity contribution is 7.91. The van der Waals surface area contributed by atoms with Gasteiger partial charge in [-0.3, -0.25) is 0 Å². The van der Waals surface area contributed by atoms with E-state index in [2.05, 4.69) is 38.0 Å². The van der Waals surface area contributed by atoms with Gasteiger partial charge in [0.25, 0.3) is 0 Å². The van der Waals surface area contributed by atoms with Crippen molar-refractivity contribution in [3.63, 3.8) is 0 Å². The van der Waals surface area contributed by atoms with Crippen LogP contribution in [-0.4, -0.2) is 25.2 Å². The quantitative estimate of drug-likeness (QED) is 0.875. The van der Waals surface area contributed by atoms with Gasteiger partial charge in [0.15, 0.2) is 9.84 Å². The van der Waals surface area contributed by atoms with Crippen molar-refractivity contribution in [3.05, 3.63) is 15.6 Å². The Morgan fingerprint density at radius 2 is 1.95 bits per heavy atom. The van der Waals surface area contributed by atoms with Crippen LogP contribution in [0.3, 0.4) is 0 Å². The van der Waals surface area contributed by atoms with E-state index >= 15 is 0 Å². The number of aryl methyl sites for hydroxylation is 1. The number of aromatic nitrogens is 1. The fourth-order valence-electron chi connectivity index (χ4n) is 1.68. The normalized spacial score (nSPS) is 14.5. The number of thiazole rings is 1. The molecule has 4 nitrogen and oxygen atoms in total. The molecule has 0 aromatic carbocycles. The van der Waals surface area contributed by atoms with Crippen LogP contribution < -0.4 is 5.32 Å². The summed E-state index contributed by atoms with van der Waals surface area (Å²) in [7, 11) is -3.09. The summed E-state index contributed by atoms with van der Waals surface area (Å²) >= 11 is 1.52. The Labute approximate surface area is 126 Å². The van der Waals surface area contributed by atoms with Gasteiger partial charge in [-0.25, -0.2) is 13.4 Å². The lowest BCUT2D eigenvalue weighted by atomic mass is 10.1. The molecule has 0 amide bonds. The van der Waals surface area contributed by atoms with Gasteiger partial charge in [-0.2, -0.15) is 0 Å². The molecule has 1 atom stereocenters. The molecular formula is C14H26N2O2S2. The number of nitrogens with one attached hydrogen (secondary N) is 1. The lowest BCUT2D eigenvalue weighted by molar-refractivity contribution is 0.425. The molecule has 0 fully saturated rings. The van der Waals surface area contributed by atoms with E-state index in [9.17, 15) is 8.42 Å². The van der Waals surface area contributed by atoms with Crippen molar-refractivity contribution >= 4 is 21.2 Å². The van der Waals surface area contributed by atoms with Crippen molar-refractivity contribution in [1.82, 2.24) is 10.3 Å². The predicted molar refractivity (Wildman–Crippen MR) is 86.0 cm³/mol. The van der Waals surface area contributed by atoms with Gasteiger partial charge >= 0.3 is 0 Å². The summed E-state index contributed by atoms with van der Waals surface area (Å²) in [6.45, 7) is 10.9. The average Bonchev–Trinajstić information content (AvgIpc) is 2.67. The molecule has 1 aromatic heterocycles. The lowest BCUT2D eigenvalue weighted by Crippen LogP contribution is -2.35. The monoisotopic (exact) mass is 318 g/mol. The van der Waals surface area contributed by atoms with E-state index < -0.39 is 15.1 Å². The molecule has 0 spiro atoms. The smallest absolute Gasteiger partial charge is 0.156 e. The van der Waals surface area contributed by atoms with E-state index in [-0.39, 0.29) is 5.54 Å². The molecule has 6 heteroatoms. The predicted octanol–water partition coefficient (Wildman–Crippen LogP) is 3.09. The number of sulfone groups is 1. The first-order chi connectivity index (χ1) is 9.04. The van der Waals surface area contributed by atoms with E-state index in [1.165, 1.54) is 17.6 Å². The van der Waals surface area contributed by atoms with E-state index in [0.29, 0.717) is 5.01 Å². The van der Waals surface area contributed by atoms with Gasteiger partial charge in [-0.15, -0.1) is 11.3 Å². The van der Waals surface area contributed by atoms with E-state index in [1.54, 1.807) is 6.92 Å². The lowest BCUT2D eigenvalue weighted by Gasteiger charge is -2.20. The Morgan fingerprint density at radius 3 is 2.40 bits per heavy atom. The Bertz CT molecular complexity index is 542. The van der Waals surface area contributed by atoms with Crippen molar-refractivity contribution in [2.75, 3.05) is 6.26 Å². The van der Waals surface area contributed by atoms with Crippen molar-refractivity contribution in [2.45, 2.75) is 64.8 Å². The third-order valence-corrected chi connectivity index (χ3v) is 5.99.